The average Bonchev–Trinajstić information content (AvgIpc) is 3.48. The number of carbonyl (C=O) groups is 3. The molecule has 0 unspecified atom stereocenters. The molecule has 10 heteroatoms. The number of amides is 3. The second-order valence-electron chi connectivity index (χ2n) is 7.00. The Morgan fingerprint density at radius 2 is 1.77 bits per heavy atom. The molecule has 0 spiro atoms. The number of benzene rings is 2. The summed E-state index contributed by atoms with van der Waals surface area (Å²) in [5.41, 5.74) is 5.33. The molecule has 3 rings (SSSR count). The van der Waals surface area contributed by atoms with Crippen LogP contribution in [0.5, 0.6) is 5.75 Å². The highest BCUT2D eigenvalue weighted by Gasteiger charge is 2.39. The largest absolute Gasteiger partial charge is 0.483 e. The second-order valence-corrected chi connectivity index (χ2v) is 8.06. The summed E-state index contributed by atoms with van der Waals surface area (Å²) in [6, 6.07) is 12.3. The molecule has 164 valence electrons. The van der Waals surface area contributed by atoms with Gasteiger partial charge < -0.3 is 10.1 Å². The van der Waals surface area contributed by atoms with E-state index in [2.05, 4.69) is 16.2 Å². The van der Waals surface area contributed by atoms with Crippen LogP contribution in [0.1, 0.15) is 23.7 Å². The third-order valence-corrected chi connectivity index (χ3v) is 5.32. The van der Waals surface area contributed by atoms with Crippen LogP contribution in [0.25, 0.3) is 0 Å². The lowest BCUT2D eigenvalue weighted by Gasteiger charge is -2.12. The van der Waals surface area contributed by atoms with Gasteiger partial charge in [0.2, 0.25) is 5.91 Å². The van der Waals surface area contributed by atoms with Crippen molar-refractivity contribution in [1.29, 1.82) is 0 Å². The van der Waals surface area contributed by atoms with Crippen molar-refractivity contribution in [1.82, 2.24) is 10.9 Å². The molecule has 3 amide bonds. The highest BCUT2D eigenvalue weighted by Crippen LogP contribution is 2.37. The standard InChI is InChI=1S/C21H21F2N3O4S/c1-12-10-16(12)20(29)26-25-19(28)15-4-2-3-5-17(15)30-11-18(27)24-13-6-8-14(9-7-13)31-21(22)23/h2-9,12,16,21H,10-11H2,1H3,(H,24,27)(H,25,28)(H,26,29)/t12-,16-/m1/s1. The van der Waals surface area contributed by atoms with Crippen molar-refractivity contribution in [2.45, 2.75) is 24.0 Å². The van der Waals surface area contributed by atoms with E-state index in [-0.39, 0.29) is 29.7 Å². The highest BCUT2D eigenvalue weighted by molar-refractivity contribution is 7.99. The number of carbonyl (C=O) groups excluding carboxylic acids is 3. The van der Waals surface area contributed by atoms with E-state index in [0.29, 0.717) is 28.3 Å². The number of ether oxygens (including phenoxy) is 1. The average molecular weight is 449 g/mol. The number of rotatable bonds is 8. The summed E-state index contributed by atoms with van der Waals surface area (Å²) in [5, 5.41) is 2.59. The Morgan fingerprint density at radius 3 is 2.42 bits per heavy atom. The van der Waals surface area contributed by atoms with Crippen molar-refractivity contribution in [3.8, 4) is 5.75 Å². The van der Waals surface area contributed by atoms with Gasteiger partial charge >= 0.3 is 0 Å². The van der Waals surface area contributed by atoms with E-state index in [4.69, 9.17) is 4.74 Å². The Morgan fingerprint density at radius 1 is 1.10 bits per heavy atom. The molecule has 1 aliphatic carbocycles. The first-order valence-electron chi connectivity index (χ1n) is 9.50. The van der Waals surface area contributed by atoms with Crippen LogP contribution in [0, 0.1) is 11.8 Å². The molecule has 0 aliphatic heterocycles. The van der Waals surface area contributed by atoms with Gasteiger partial charge in [-0.15, -0.1) is 0 Å². The molecule has 1 aliphatic rings. The fraction of sp³-hybridized carbons (Fsp3) is 0.286. The Balaban J connectivity index is 1.51. The Bertz CT molecular complexity index is 956. The number of nitrogens with one attached hydrogen (secondary N) is 3. The predicted molar refractivity (Wildman–Crippen MR) is 112 cm³/mol. The van der Waals surface area contributed by atoms with E-state index in [0.717, 1.165) is 6.42 Å². The lowest BCUT2D eigenvalue weighted by molar-refractivity contribution is -0.123. The quantitative estimate of drug-likeness (QED) is 0.424. The summed E-state index contributed by atoms with van der Waals surface area (Å²) in [7, 11) is 0. The molecule has 31 heavy (non-hydrogen) atoms. The van der Waals surface area contributed by atoms with Crippen molar-refractivity contribution in [3.63, 3.8) is 0 Å². The number of hydrogen-bond donors (Lipinski definition) is 3. The zero-order valence-corrected chi connectivity index (χ0v) is 17.4. The second kappa shape index (κ2) is 10.3. The molecule has 0 bridgehead atoms. The number of para-hydroxylation sites is 1. The zero-order chi connectivity index (χ0) is 22.4. The van der Waals surface area contributed by atoms with Crippen LogP contribution in [0.2, 0.25) is 0 Å². The van der Waals surface area contributed by atoms with Crippen LogP contribution in [-0.4, -0.2) is 30.1 Å². The van der Waals surface area contributed by atoms with Crippen molar-refractivity contribution < 1.29 is 27.9 Å². The van der Waals surface area contributed by atoms with Crippen LogP contribution in [-0.2, 0) is 9.59 Å². The molecule has 3 N–H and O–H groups in total. The molecular formula is C21H21F2N3O4S. The third kappa shape index (κ3) is 6.68. The van der Waals surface area contributed by atoms with Crippen molar-refractivity contribution in [2.75, 3.05) is 11.9 Å². The fourth-order valence-corrected chi connectivity index (χ4v) is 3.30. The maximum atomic E-state index is 12.4. The van der Waals surface area contributed by atoms with E-state index < -0.39 is 17.6 Å². The maximum Gasteiger partial charge on any atom is 0.288 e. The van der Waals surface area contributed by atoms with Crippen LogP contribution in [0.3, 0.4) is 0 Å². The molecular weight excluding hydrogens is 428 g/mol. The molecule has 0 radical (unpaired) electrons. The van der Waals surface area contributed by atoms with Gasteiger partial charge in [-0.2, -0.15) is 8.78 Å². The van der Waals surface area contributed by atoms with E-state index in [1.165, 1.54) is 36.4 Å². The first-order valence-corrected chi connectivity index (χ1v) is 10.4. The predicted octanol–water partition coefficient (Wildman–Crippen LogP) is 3.44. The van der Waals surface area contributed by atoms with Crippen LogP contribution in [0.4, 0.5) is 14.5 Å². The third-order valence-electron chi connectivity index (χ3n) is 4.60. The van der Waals surface area contributed by atoms with Crippen LogP contribution >= 0.6 is 11.8 Å². The van der Waals surface area contributed by atoms with Gasteiger partial charge in [-0.3, -0.25) is 25.2 Å². The number of anilines is 1. The van der Waals surface area contributed by atoms with E-state index in [9.17, 15) is 23.2 Å². The first kappa shape index (κ1) is 22.5. The summed E-state index contributed by atoms with van der Waals surface area (Å²) in [6.45, 7) is 1.58. The minimum absolute atomic E-state index is 0.0847. The van der Waals surface area contributed by atoms with E-state index in [1.807, 2.05) is 6.92 Å². The van der Waals surface area contributed by atoms with Crippen molar-refractivity contribution in [2.24, 2.45) is 11.8 Å². The van der Waals surface area contributed by atoms with Gasteiger partial charge in [-0.1, -0.05) is 30.8 Å². The summed E-state index contributed by atoms with van der Waals surface area (Å²) in [4.78, 5) is 36.7. The summed E-state index contributed by atoms with van der Waals surface area (Å²) in [6.07, 6.45) is 0.796. The number of thioether (sulfide) groups is 1. The van der Waals surface area contributed by atoms with Gasteiger partial charge in [-0.25, -0.2) is 0 Å². The highest BCUT2D eigenvalue weighted by atomic mass is 32.2. The molecule has 1 fully saturated rings. The zero-order valence-electron chi connectivity index (χ0n) is 16.6. The molecule has 0 saturated heterocycles. The van der Waals surface area contributed by atoms with Crippen molar-refractivity contribution >= 4 is 35.2 Å². The topological polar surface area (TPSA) is 96.5 Å². The fourth-order valence-electron chi connectivity index (χ4n) is 2.81. The lowest BCUT2D eigenvalue weighted by Crippen LogP contribution is -2.42. The maximum absolute atomic E-state index is 12.4. The first-order chi connectivity index (χ1) is 14.8. The van der Waals surface area contributed by atoms with Gasteiger partial charge in [0.15, 0.2) is 6.61 Å². The smallest absolute Gasteiger partial charge is 0.288 e. The number of halogens is 2. The molecule has 0 heterocycles. The molecule has 2 aromatic carbocycles. The molecule has 2 atom stereocenters. The van der Waals surface area contributed by atoms with Crippen molar-refractivity contribution in [3.05, 3.63) is 54.1 Å². The van der Waals surface area contributed by atoms with Crippen LogP contribution < -0.4 is 20.9 Å². The van der Waals surface area contributed by atoms with Gasteiger partial charge in [0.05, 0.1) is 5.56 Å². The van der Waals surface area contributed by atoms with E-state index >= 15 is 0 Å². The van der Waals surface area contributed by atoms with Gasteiger partial charge in [0, 0.05) is 16.5 Å². The van der Waals surface area contributed by atoms with Gasteiger partial charge in [0.25, 0.3) is 17.6 Å². The summed E-state index contributed by atoms with van der Waals surface area (Å²) in [5.74, 6) is -3.41. The molecule has 2 aromatic rings. The summed E-state index contributed by atoms with van der Waals surface area (Å²) < 4.78 is 30.2. The Labute approximate surface area is 181 Å². The molecule has 1 saturated carbocycles. The van der Waals surface area contributed by atoms with Gasteiger partial charge in [0.1, 0.15) is 5.75 Å². The number of hydrazine groups is 1. The number of hydrogen-bond acceptors (Lipinski definition) is 5. The lowest BCUT2D eigenvalue weighted by atomic mass is 10.2. The monoisotopic (exact) mass is 449 g/mol. The van der Waals surface area contributed by atoms with Gasteiger partial charge in [-0.05, 0) is 48.7 Å². The van der Waals surface area contributed by atoms with Crippen LogP contribution in [0.15, 0.2) is 53.4 Å². The number of alkyl halides is 2. The Kier molecular flexibility index (Phi) is 7.45. The molecule has 0 aromatic heterocycles. The normalized spacial score (nSPS) is 17.0. The SMILES string of the molecule is C[C@@H]1C[C@H]1C(=O)NNC(=O)c1ccccc1OCC(=O)Nc1ccc(SC(F)F)cc1. The molecule has 7 nitrogen and oxygen atoms in total. The van der Waals surface area contributed by atoms with E-state index in [1.54, 1.807) is 12.1 Å². The minimum Gasteiger partial charge on any atom is -0.483 e. The minimum atomic E-state index is -2.52. The summed E-state index contributed by atoms with van der Waals surface area (Å²) >= 11 is 0.414. The Hall–Kier alpha value is -3.14.